The molecule has 13 heavy (non-hydrogen) atoms. The van der Waals surface area contributed by atoms with Crippen LogP contribution in [-0.4, -0.2) is 4.83 Å². The summed E-state index contributed by atoms with van der Waals surface area (Å²) in [6.07, 6.45) is 1.84. The molecule has 1 nitrogen and oxygen atoms in total. The Morgan fingerprint density at radius 1 is 1.31 bits per heavy atom. The molecule has 0 spiro atoms. The van der Waals surface area contributed by atoms with Crippen molar-refractivity contribution in [3.8, 4) is 6.07 Å². The molecular formula is C11H12BrN. The van der Waals surface area contributed by atoms with Gasteiger partial charge >= 0.3 is 0 Å². The molecule has 1 rings (SSSR count). The van der Waals surface area contributed by atoms with Gasteiger partial charge in [0.2, 0.25) is 0 Å². The van der Waals surface area contributed by atoms with Crippen LogP contribution in [0.25, 0.3) is 0 Å². The fourth-order valence-corrected chi connectivity index (χ4v) is 1.54. The lowest BCUT2D eigenvalue weighted by Crippen LogP contribution is -1.98. The average molecular weight is 238 g/mol. The molecule has 2 heteroatoms. The minimum atomic E-state index is -0.0695. The first kappa shape index (κ1) is 10.3. The second-order valence-electron chi connectivity index (χ2n) is 2.97. The number of benzene rings is 1. The van der Waals surface area contributed by atoms with Gasteiger partial charge in [0.05, 0.1) is 6.07 Å². The van der Waals surface area contributed by atoms with E-state index in [4.69, 9.17) is 5.26 Å². The molecule has 0 saturated heterocycles. The maximum absolute atomic E-state index is 8.60. The van der Waals surface area contributed by atoms with Crippen LogP contribution in [0.2, 0.25) is 0 Å². The summed E-state index contributed by atoms with van der Waals surface area (Å²) in [7, 11) is 0. The number of nitriles is 1. The molecule has 1 aromatic rings. The number of halogens is 1. The third-order valence-corrected chi connectivity index (χ3v) is 2.51. The second-order valence-corrected chi connectivity index (χ2v) is 4.08. The number of rotatable bonds is 3. The predicted molar refractivity (Wildman–Crippen MR) is 57.9 cm³/mol. The molecule has 0 saturated carbocycles. The monoisotopic (exact) mass is 237 g/mol. The number of alkyl halides is 1. The van der Waals surface area contributed by atoms with Crippen molar-refractivity contribution in [1.82, 2.24) is 0 Å². The maximum Gasteiger partial charge on any atom is 0.105 e. The van der Waals surface area contributed by atoms with E-state index in [2.05, 4.69) is 53.2 Å². The van der Waals surface area contributed by atoms with Gasteiger partial charge in [-0.1, -0.05) is 47.1 Å². The van der Waals surface area contributed by atoms with Gasteiger partial charge in [0, 0.05) is 0 Å². The molecule has 0 aliphatic rings. The Labute approximate surface area is 87.5 Å². The predicted octanol–water partition coefficient (Wildman–Crippen LogP) is 3.08. The molecule has 0 bridgehead atoms. The summed E-state index contributed by atoms with van der Waals surface area (Å²) in [6.45, 7) is 2.14. The highest BCUT2D eigenvalue weighted by molar-refractivity contribution is 9.09. The van der Waals surface area contributed by atoms with E-state index in [0.29, 0.717) is 0 Å². The molecule has 68 valence electrons. The molecule has 0 fully saturated rings. The minimum absolute atomic E-state index is 0.0695. The Bertz CT molecular complexity index is 297. The second kappa shape index (κ2) is 5.04. The smallest absolute Gasteiger partial charge is 0.105 e. The molecule has 1 atom stereocenters. The van der Waals surface area contributed by atoms with Crippen LogP contribution >= 0.6 is 15.9 Å². The summed E-state index contributed by atoms with van der Waals surface area (Å²) >= 11 is 3.29. The summed E-state index contributed by atoms with van der Waals surface area (Å²) in [6, 6.07) is 10.6. The summed E-state index contributed by atoms with van der Waals surface area (Å²) in [5.41, 5.74) is 2.55. The molecule has 1 aromatic carbocycles. The van der Waals surface area contributed by atoms with Crippen LogP contribution in [0.3, 0.4) is 0 Å². The first-order valence-electron chi connectivity index (χ1n) is 4.37. The van der Waals surface area contributed by atoms with Gasteiger partial charge in [-0.15, -0.1) is 0 Å². The highest BCUT2D eigenvalue weighted by Crippen LogP contribution is 2.10. The number of hydrogen-bond donors (Lipinski definition) is 0. The average Bonchev–Trinajstić information content (AvgIpc) is 2.19. The van der Waals surface area contributed by atoms with Gasteiger partial charge in [-0.3, -0.25) is 0 Å². The van der Waals surface area contributed by atoms with Crippen molar-refractivity contribution in [2.75, 3.05) is 0 Å². The Morgan fingerprint density at radius 3 is 2.31 bits per heavy atom. The van der Waals surface area contributed by atoms with Crippen LogP contribution in [0.4, 0.5) is 0 Å². The van der Waals surface area contributed by atoms with Gasteiger partial charge in [-0.2, -0.15) is 5.26 Å². The van der Waals surface area contributed by atoms with Gasteiger partial charge in [0.25, 0.3) is 0 Å². The normalized spacial score (nSPS) is 12.1. The van der Waals surface area contributed by atoms with Gasteiger partial charge < -0.3 is 0 Å². The first-order chi connectivity index (χ1) is 6.26. The van der Waals surface area contributed by atoms with E-state index in [1.165, 1.54) is 11.1 Å². The zero-order valence-electron chi connectivity index (χ0n) is 7.63. The number of aryl methyl sites for hydroxylation is 1. The molecule has 0 amide bonds. The summed E-state index contributed by atoms with van der Waals surface area (Å²) in [5, 5.41) is 8.60. The summed E-state index contributed by atoms with van der Waals surface area (Å²) < 4.78 is 0. The molecule has 0 aliphatic heterocycles. The van der Waals surface area contributed by atoms with Crippen molar-refractivity contribution in [3.63, 3.8) is 0 Å². The molecule has 0 radical (unpaired) electrons. The first-order valence-corrected chi connectivity index (χ1v) is 5.29. The number of nitrogens with zero attached hydrogens (tertiary/aromatic N) is 1. The van der Waals surface area contributed by atoms with E-state index in [0.717, 1.165) is 12.8 Å². The molecule has 1 unspecified atom stereocenters. The van der Waals surface area contributed by atoms with E-state index in [1.54, 1.807) is 0 Å². The molecule has 0 heterocycles. The van der Waals surface area contributed by atoms with Crippen LogP contribution in [0.1, 0.15) is 18.1 Å². The van der Waals surface area contributed by atoms with Crippen LogP contribution in [0.15, 0.2) is 24.3 Å². The van der Waals surface area contributed by atoms with Crippen molar-refractivity contribution in [2.45, 2.75) is 24.6 Å². The Hall–Kier alpha value is -0.810. The van der Waals surface area contributed by atoms with Crippen molar-refractivity contribution in [1.29, 1.82) is 5.26 Å². The summed E-state index contributed by atoms with van der Waals surface area (Å²) in [4.78, 5) is -0.0695. The van der Waals surface area contributed by atoms with E-state index < -0.39 is 0 Å². The molecule has 0 aliphatic carbocycles. The third-order valence-electron chi connectivity index (χ3n) is 1.99. The van der Waals surface area contributed by atoms with E-state index in [9.17, 15) is 0 Å². The third kappa shape index (κ3) is 3.20. The topological polar surface area (TPSA) is 23.8 Å². The Balaban J connectivity index is 2.65. The van der Waals surface area contributed by atoms with E-state index >= 15 is 0 Å². The fourth-order valence-electron chi connectivity index (χ4n) is 1.16. The van der Waals surface area contributed by atoms with E-state index in [-0.39, 0.29) is 4.83 Å². The van der Waals surface area contributed by atoms with Gasteiger partial charge in [-0.25, -0.2) is 0 Å². The van der Waals surface area contributed by atoms with Gasteiger partial charge in [-0.05, 0) is 24.0 Å². The lowest BCUT2D eigenvalue weighted by Gasteiger charge is -2.02. The van der Waals surface area contributed by atoms with Crippen LogP contribution in [-0.2, 0) is 12.8 Å². The standard InChI is InChI=1S/C11H12BrN/c1-2-9-3-5-10(6-4-9)7-11(12)8-13/h3-6,11H,2,7H2,1H3. The summed E-state index contributed by atoms with van der Waals surface area (Å²) in [5.74, 6) is 0. The van der Waals surface area contributed by atoms with Crippen LogP contribution in [0, 0.1) is 11.3 Å². The molecular weight excluding hydrogens is 226 g/mol. The Morgan fingerprint density at radius 2 is 1.85 bits per heavy atom. The largest absolute Gasteiger partial charge is 0.197 e. The SMILES string of the molecule is CCc1ccc(CC(Br)C#N)cc1. The van der Waals surface area contributed by atoms with Crippen molar-refractivity contribution < 1.29 is 0 Å². The van der Waals surface area contributed by atoms with E-state index in [1.807, 2.05) is 0 Å². The Kier molecular flexibility index (Phi) is 3.98. The zero-order valence-corrected chi connectivity index (χ0v) is 9.21. The van der Waals surface area contributed by atoms with Crippen molar-refractivity contribution in [2.24, 2.45) is 0 Å². The highest BCUT2D eigenvalue weighted by atomic mass is 79.9. The van der Waals surface area contributed by atoms with Gasteiger partial charge in [0.1, 0.15) is 4.83 Å². The number of hydrogen-bond acceptors (Lipinski definition) is 1. The zero-order chi connectivity index (χ0) is 9.68. The van der Waals surface area contributed by atoms with Crippen molar-refractivity contribution >= 4 is 15.9 Å². The van der Waals surface area contributed by atoms with Crippen LogP contribution in [0.5, 0.6) is 0 Å². The lowest BCUT2D eigenvalue weighted by molar-refractivity contribution is 1.04. The minimum Gasteiger partial charge on any atom is -0.197 e. The lowest BCUT2D eigenvalue weighted by atomic mass is 10.1. The quantitative estimate of drug-likeness (QED) is 0.742. The fraction of sp³-hybridized carbons (Fsp3) is 0.364. The maximum atomic E-state index is 8.60. The van der Waals surface area contributed by atoms with Crippen molar-refractivity contribution in [3.05, 3.63) is 35.4 Å². The highest BCUT2D eigenvalue weighted by Gasteiger charge is 2.02. The molecule has 0 N–H and O–H groups in total. The van der Waals surface area contributed by atoms with Crippen LogP contribution < -0.4 is 0 Å². The molecule has 0 aromatic heterocycles. The van der Waals surface area contributed by atoms with Gasteiger partial charge in [0.15, 0.2) is 0 Å².